The van der Waals surface area contributed by atoms with Gasteiger partial charge >= 0.3 is 0 Å². The van der Waals surface area contributed by atoms with Gasteiger partial charge in [0.05, 0.1) is 17.7 Å². The number of ether oxygens (including phenoxy) is 1. The second kappa shape index (κ2) is 4.77. The Bertz CT molecular complexity index is 531. The van der Waals surface area contributed by atoms with Gasteiger partial charge in [0.25, 0.3) is 5.91 Å². The lowest BCUT2D eigenvalue weighted by Gasteiger charge is -2.41. The summed E-state index contributed by atoms with van der Waals surface area (Å²) in [7, 11) is 0. The zero-order valence-electron chi connectivity index (χ0n) is 12.0. The predicted octanol–water partition coefficient (Wildman–Crippen LogP) is 2.22. The summed E-state index contributed by atoms with van der Waals surface area (Å²) in [5, 5.41) is 12.5. The SMILES string of the molecule is CC1Oc2c(C(=O)NC3(CO)CCC3)cccc2C1C. The van der Waals surface area contributed by atoms with E-state index in [1.807, 2.05) is 19.1 Å². The van der Waals surface area contributed by atoms with E-state index >= 15 is 0 Å². The van der Waals surface area contributed by atoms with E-state index in [1.165, 1.54) is 0 Å². The Morgan fingerprint density at radius 1 is 1.45 bits per heavy atom. The lowest BCUT2D eigenvalue weighted by Crippen LogP contribution is -2.56. The van der Waals surface area contributed by atoms with Gasteiger partial charge < -0.3 is 15.2 Å². The van der Waals surface area contributed by atoms with Crippen LogP contribution in [0, 0.1) is 0 Å². The number of nitrogens with one attached hydrogen (secondary N) is 1. The van der Waals surface area contributed by atoms with E-state index < -0.39 is 5.54 Å². The molecule has 2 aliphatic rings. The highest BCUT2D eigenvalue weighted by Gasteiger charge is 2.39. The minimum atomic E-state index is -0.421. The first kappa shape index (κ1) is 13.4. The Morgan fingerprint density at radius 2 is 2.20 bits per heavy atom. The van der Waals surface area contributed by atoms with Gasteiger partial charge in [-0.25, -0.2) is 0 Å². The summed E-state index contributed by atoms with van der Waals surface area (Å²) in [6.07, 6.45) is 2.84. The van der Waals surface area contributed by atoms with Crippen LogP contribution in [0.1, 0.15) is 54.9 Å². The van der Waals surface area contributed by atoms with Gasteiger partial charge in [0.1, 0.15) is 11.9 Å². The number of hydrogen-bond acceptors (Lipinski definition) is 3. The molecule has 2 unspecified atom stereocenters. The maximum absolute atomic E-state index is 12.5. The number of amides is 1. The molecule has 1 aromatic rings. The predicted molar refractivity (Wildman–Crippen MR) is 76.1 cm³/mol. The molecule has 1 aromatic carbocycles. The van der Waals surface area contributed by atoms with Crippen molar-refractivity contribution in [1.82, 2.24) is 5.32 Å². The van der Waals surface area contributed by atoms with E-state index in [0.717, 1.165) is 24.8 Å². The van der Waals surface area contributed by atoms with Crippen LogP contribution in [0.5, 0.6) is 5.75 Å². The van der Waals surface area contributed by atoms with Gasteiger partial charge in [-0.3, -0.25) is 4.79 Å². The van der Waals surface area contributed by atoms with E-state index in [0.29, 0.717) is 17.2 Å². The van der Waals surface area contributed by atoms with E-state index in [2.05, 4.69) is 12.2 Å². The van der Waals surface area contributed by atoms with Crippen molar-refractivity contribution >= 4 is 5.91 Å². The Morgan fingerprint density at radius 3 is 2.80 bits per heavy atom. The first-order chi connectivity index (χ1) is 9.56. The van der Waals surface area contributed by atoms with Crippen molar-refractivity contribution in [3.63, 3.8) is 0 Å². The molecule has 1 saturated carbocycles. The lowest BCUT2D eigenvalue weighted by molar-refractivity contribution is 0.0638. The molecular weight excluding hydrogens is 254 g/mol. The molecule has 3 rings (SSSR count). The smallest absolute Gasteiger partial charge is 0.255 e. The van der Waals surface area contributed by atoms with Crippen molar-refractivity contribution in [2.24, 2.45) is 0 Å². The normalized spacial score (nSPS) is 26.4. The van der Waals surface area contributed by atoms with Crippen LogP contribution in [0.4, 0.5) is 0 Å². The summed E-state index contributed by atoms with van der Waals surface area (Å²) >= 11 is 0. The van der Waals surface area contributed by atoms with Crippen LogP contribution >= 0.6 is 0 Å². The van der Waals surface area contributed by atoms with Crippen molar-refractivity contribution in [3.05, 3.63) is 29.3 Å². The molecular formula is C16H21NO3. The molecule has 1 amide bonds. The van der Waals surface area contributed by atoms with Crippen molar-refractivity contribution in [1.29, 1.82) is 0 Å². The summed E-state index contributed by atoms with van der Waals surface area (Å²) in [5.74, 6) is 0.863. The number of carbonyl (C=O) groups is 1. The number of rotatable bonds is 3. The first-order valence-electron chi connectivity index (χ1n) is 7.29. The van der Waals surface area contributed by atoms with Crippen molar-refractivity contribution in [2.45, 2.75) is 50.7 Å². The second-order valence-corrected chi connectivity index (χ2v) is 6.08. The largest absolute Gasteiger partial charge is 0.489 e. The topological polar surface area (TPSA) is 58.6 Å². The third-order valence-electron chi connectivity index (χ3n) is 4.78. The fourth-order valence-electron chi connectivity index (χ4n) is 3.00. The van der Waals surface area contributed by atoms with Crippen LogP contribution in [-0.2, 0) is 0 Å². The van der Waals surface area contributed by atoms with Gasteiger partial charge in [-0.1, -0.05) is 19.1 Å². The summed E-state index contributed by atoms with van der Waals surface area (Å²) in [6, 6.07) is 5.71. The number of benzene rings is 1. The minimum Gasteiger partial charge on any atom is -0.489 e. The zero-order chi connectivity index (χ0) is 14.3. The molecule has 0 spiro atoms. The van der Waals surface area contributed by atoms with E-state index in [9.17, 15) is 9.90 Å². The van der Waals surface area contributed by atoms with Crippen LogP contribution in [-0.4, -0.2) is 29.3 Å². The van der Waals surface area contributed by atoms with Crippen LogP contribution in [0.25, 0.3) is 0 Å². The highest BCUT2D eigenvalue weighted by atomic mass is 16.5. The molecule has 0 aromatic heterocycles. The molecule has 0 saturated heterocycles. The second-order valence-electron chi connectivity index (χ2n) is 6.08. The van der Waals surface area contributed by atoms with E-state index in [4.69, 9.17) is 4.74 Å². The van der Waals surface area contributed by atoms with Gasteiger partial charge in [-0.15, -0.1) is 0 Å². The molecule has 1 aliphatic carbocycles. The average molecular weight is 275 g/mol. The van der Waals surface area contributed by atoms with Crippen molar-refractivity contribution in [3.8, 4) is 5.75 Å². The Labute approximate surface area is 119 Å². The summed E-state index contributed by atoms with van der Waals surface area (Å²) in [6.45, 7) is 4.13. The summed E-state index contributed by atoms with van der Waals surface area (Å²) in [5.41, 5.74) is 1.26. The van der Waals surface area contributed by atoms with Crippen molar-refractivity contribution in [2.75, 3.05) is 6.61 Å². The van der Waals surface area contributed by atoms with Crippen LogP contribution in [0.2, 0.25) is 0 Å². The van der Waals surface area contributed by atoms with Gasteiger partial charge in [0.15, 0.2) is 0 Å². The summed E-state index contributed by atoms with van der Waals surface area (Å²) < 4.78 is 5.85. The van der Waals surface area contributed by atoms with E-state index in [1.54, 1.807) is 6.07 Å². The van der Waals surface area contributed by atoms with Crippen LogP contribution in [0.3, 0.4) is 0 Å². The molecule has 2 atom stereocenters. The van der Waals surface area contributed by atoms with Crippen molar-refractivity contribution < 1.29 is 14.6 Å². The number of aliphatic hydroxyl groups excluding tert-OH is 1. The maximum Gasteiger partial charge on any atom is 0.255 e. The third kappa shape index (κ3) is 1.99. The number of hydrogen-bond donors (Lipinski definition) is 2. The van der Waals surface area contributed by atoms with Gasteiger partial charge in [-0.05, 0) is 32.3 Å². The van der Waals surface area contributed by atoms with Gasteiger partial charge in [0, 0.05) is 11.5 Å². The number of fused-ring (bicyclic) bond motifs is 1. The fourth-order valence-corrected chi connectivity index (χ4v) is 3.00. The molecule has 0 bridgehead atoms. The highest BCUT2D eigenvalue weighted by molar-refractivity contribution is 5.98. The average Bonchev–Trinajstić information content (AvgIpc) is 2.69. The fraction of sp³-hybridized carbons (Fsp3) is 0.562. The third-order valence-corrected chi connectivity index (χ3v) is 4.78. The molecule has 1 aliphatic heterocycles. The first-order valence-corrected chi connectivity index (χ1v) is 7.29. The lowest BCUT2D eigenvalue weighted by atomic mass is 9.77. The van der Waals surface area contributed by atoms with Gasteiger partial charge in [-0.2, -0.15) is 0 Å². The molecule has 1 fully saturated rings. The van der Waals surface area contributed by atoms with Gasteiger partial charge in [0.2, 0.25) is 0 Å². The Kier molecular flexibility index (Phi) is 3.21. The quantitative estimate of drug-likeness (QED) is 0.889. The Balaban J connectivity index is 1.87. The standard InChI is InChI=1S/C16H21NO3/c1-10-11(2)20-14-12(10)5-3-6-13(14)15(19)17-16(9-18)7-4-8-16/h3,5-6,10-11,18H,4,7-9H2,1-2H3,(H,17,19). The zero-order valence-corrected chi connectivity index (χ0v) is 12.0. The maximum atomic E-state index is 12.5. The highest BCUT2D eigenvalue weighted by Crippen LogP contribution is 2.40. The molecule has 4 nitrogen and oxygen atoms in total. The number of para-hydroxylation sites is 1. The molecule has 1 heterocycles. The molecule has 0 radical (unpaired) electrons. The van der Waals surface area contributed by atoms with Crippen LogP contribution in [0.15, 0.2) is 18.2 Å². The summed E-state index contributed by atoms with van der Waals surface area (Å²) in [4.78, 5) is 12.5. The molecule has 2 N–H and O–H groups in total. The number of carbonyl (C=O) groups excluding carboxylic acids is 1. The monoisotopic (exact) mass is 275 g/mol. The molecule has 108 valence electrons. The van der Waals surface area contributed by atoms with E-state index in [-0.39, 0.29) is 18.6 Å². The molecule has 20 heavy (non-hydrogen) atoms. The minimum absolute atomic E-state index is 0.00142. The number of aliphatic hydroxyl groups is 1. The van der Waals surface area contributed by atoms with Crippen LogP contribution < -0.4 is 10.1 Å². The Hall–Kier alpha value is -1.55. The molecule has 4 heteroatoms.